The van der Waals surface area contributed by atoms with E-state index in [9.17, 15) is 22.8 Å². The van der Waals surface area contributed by atoms with Crippen LogP contribution in [0, 0.1) is 5.41 Å². The van der Waals surface area contributed by atoms with Gasteiger partial charge in [-0.15, -0.1) is 4.28 Å². The largest absolute Gasteiger partial charge is 0.418 e. The lowest BCUT2D eigenvalue weighted by Gasteiger charge is -2.29. The van der Waals surface area contributed by atoms with Gasteiger partial charge in [0.2, 0.25) is 5.91 Å². The third-order valence-corrected chi connectivity index (χ3v) is 5.17. The summed E-state index contributed by atoms with van der Waals surface area (Å²) in [4.78, 5) is 37.6. The van der Waals surface area contributed by atoms with Gasteiger partial charge in [-0.2, -0.15) is 13.5 Å². The van der Waals surface area contributed by atoms with Gasteiger partial charge in [-0.05, 0) is 25.7 Å². The van der Waals surface area contributed by atoms with Crippen molar-refractivity contribution >= 4 is 28.2 Å². The van der Waals surface area contributed by atoms with Gasteiger partial charge in [0.05, 0.1) is 11.5 Å². The Labute approximate surface area is 143 Å². The van der Waals surface area contributed by atoms with Crippen LogP contribution in [-0.2, 0) is 24.3 Å². The molecule has 5 N–H and O–H groups in total. The Morgan fingerprint density at radius 1 is 1.32 bits per heavy atom. The summed E-state index contributed by atoms with van der Waals surface area (Å²) in [6, 6.07) is -2.31. The van der Waals surface area contributed by atoms with E-state index < -0.39 is 39.8 Å². The molecule has 0 aromatic heterocycles. The number of hydrazine groups is 1. The van der Waals surface area contributed by atoms with E-state index >= 15 is 0 Å². The number of urea groups is 1. The van der Waals surface area contributed by atoms with Gasteiger partial charge < -0.3 is 10.6 Å². The number of nitrogens with two attached hydrogens (primary N) is 1. The normalized spacial score (nSPS) is 27.2. The first-order valence-electron chi connectivity index (χ1n) is 7.74. The van der Waals surface area contributed by atoms with Crippen LogP contribution in [0.5, 0.6) is 0 Å². The molecule has 12 nitrogen and oxygen atoms in total. The van der Waals surface area contributed by atoms with E-state index in [1.54, 1.807) is 0 Å². The summed E-state index contributed by atoms with van der Waals surface area (Å²) in [6.07, 6.45) is 1.87. The summed E-state index contributed by atoms with van der Waals surface area (Å²) in [7, 11) is -4.84. The van der Waals surface area contributed by atoms with Crippen LogP contribution < -0.4 is 16.6 Å². The van der Waals surface area contributed by atoms with E-state index in [2.05, 4.69) is 15.1 Å². The van der Waals surface area contributed by atoms with E-state index in [0.717, 1.165) is 4.90 Å². The lowest BCUT2D eigenvalue weighted by atomic mass is 10.0. The van der Waals surface area contributed by atoms with Crippen LogP contribution in [0.4, 0.5) is 4.79 Å². The van der Waals surface area contributed by atoms with Crippen molar-refractivity contribution in [2.24, 2.45) is 11.1 Å². The van der Waals surface area contributed by atoms with Gasteiger partial charge in [0.1, 0.15) is 6.04 Å². The molecule has 3 rings (SSSR count). The Morgan fingerprint density at radius 3 is 2.56 bits per heavy atom. The summed E-state index contributed by atoms with van der Waals surface area (Å²) in [5, 5.41) is 0.550. The fourth-order valence-corrected chi connectivity index (χ4v) is 3.50. The van der Waals surface area contributed by atoms with Crippen molar-refractivity contribution in [3.63, 3.8) is 0 Å². The summed E-state index contributed by atoms with van der Waals surface area (Å²) in [5.41, 5.74) is 9.51. The molecule has 13 heteroatoms. The second kappa shape index (κ2) is 6.09. The average molecular weight is 377 g/mol. The molecule has 2 bridgehead atoms. The molecular formula is C12H19N5O7S. The second-order valence-electron chi connectivity index (χ2n) is 6.44. The second-order valence-corrected chi connectivity index (χ2v) is 7.44. The van der Waals surface area contributed by atoms with Crippen molar-refractivity contribution in [2.45, 2.75) is 37.8 Å². The number of nitrogens with one attached hydrogen (secondary N) is 2. The van der Waals surface area contributed by atoms with Gasteiger partial charge in [0.15, 0.2) is 0 Å². The fraction of sp³-hybridized carbons (Fsp3) is 0.750. The topological polar surface area (TPSA) is 171 Å². The molecule has 0 aromatic rings. The first-order valence-corrected chi connectivity index (χ1v) is 9.10. The van der Waals surface area contributed by atoms with Crippen LogP contribution in [0.3, 0.4) is 0 Å². The molecule has 2 atom stereocenters. The number of hydroxylamine groups is 2. The number of fused-ring (bicyclic) bond motifs is 2. The highest BCUT2D eigenvalue weighted by Gasteiger charge is 2.51. The molecule has 0 spiro atoms. The van der Waals surface area contributed by atoms with E-state index in [0.29, 0.717) is 24.3 Å². The first-order chi connectivity index (χ1) is 11.7. The van der Waals surface area contributed by atoms with Gasteiger partial charge >= 0.3 is 16.4 Å². The zero-order valence-corrected chi connectivity index (χ0v) is 14.0. The highest BCUT2D eigenvalue weighted by atomic mass is 32.3. The highest BCUT2D eigenvalue weighted by molar-refractivity contribution is 7.80. The molecule has 4 amide bonds. The zero-order valence-electron chi connectivity index (χ0n) is 13.2. The minimum Gasteiger partial charge on any atom is -0.329 e. The minimum atomic E-state index is -4.84. The van der Waals surface area contributed by atoms with Crippen molar-refractivity contribution in [1.29, 1.82) is 0 Å². The van der Waals surface area contributed by atoms with Crippen LogP contribution in [0.25, 0.3) is 0 Å². The number of carbonyl (C=O) groups is 3. The molecule has 1 saturated carbocycles. The molecule has 2 heterocycles. The molecule has 140 valence electrons. The zero-order chi connectivity index (χ0) is 18.4. The number of rotatable bonds is 5. The van der Waals surface area contributed by atoms with Crippen molar-refractivity contribution in [1.82, 2.24) is 20.8 Å². The molecule has 0 radical (unpaired) electrons. The monoisotopic (exact) mass is 377 g/mol. The average Bonchev–Trinajstić information content (AvgIpc) is 3.32. The number of piperidine rings is 1. The van der Waals surface area contributed by atoms with E-state index in [-0.39, 0.29) is 25.4 Å². The molecule has 2 aliphatic heterocycles. The Hall–Kier alpha value is -1.96. The van der Waals surface area contributed by atoms with Crippen LogP contribution in [-0.4, -0.2) is 66.0 Å². The standard InChI is InChI=1S/C12H19N5O7S/c13-6-12(3-4-12)10(19)15-14-9(18)8-2-1-7-5-16(8)11(20)17(7)24-25(21,22)23/h7-8H,1-6,13H2,(H,14,18)(H,15,19)(H,21,22,23)/t7-,8-/m0/s1. The van der Waals surface area contributed by atoms with Crippen molar-refractivity contribution in [3.05, 3.63) is 0 Å². The molecule has 3 aliphatic rings. The first kappa shape index (κ1) is 17.8. The Balaban J connectivity index is 1.60. The Kier molecular flexibility index (Phi) is 4.35. The molecule has 3 fully saturated rings. The number of amides is 4. The third-order valence-electron chi connectivity index (χ3n) is 4.83. The van der Waals surface area contributed by atoms with E-state index in [1.165, 1.54) is 0 Å². The highest BCUT2D eigenvalue weighted by Crippen LogP contribution is 2.44. The van der Waals surface area contributed by atoms with Crippen LogP contribution in [0.15, 0.2) is 0 Å². The molecule has 25 heavy (non-hydrogen) atoms. The molecule has 0 aromatic carbocycles. The van der Waals surface area contributed by atoms with E-state index in [4.69, 9.17) is 10.3 Å². The Bertz CT molecular complexity index is 707. The fourth-order valence-electron chi connectivity index (χ4n) is 3.11. The SMILES string of the molecule is NCC1(C(=O)NNC(=O)[C@@H]2CC[C@H]3CN2C(=O)N3OS(=O)(=O)O)CC1. The lowest BCUT2D eigenvalue weighted by Crippen LogP contribution is -2.55. The summed E-state index contributed by atoms with van der Waals surface area (Å²) < 4.78 is 34.7. The van der Waals surface area contributed by atoms with Gasteiger partial charge in [-0.25, -0.2) is 4.79 Å². The smallest absolute Gasteiger partial charge is 0.329 e. The maximum absolute atomic E-state index is 12.3. The number of carbonyl (C=O) groups excluding carboxylic acids is 3. The Morgan fingerprint density at radius 2 is 2.00 bits per heavy atom. The maximum atomic E-state index is 12.3. The van der Waals surface area contributed by atoms with Gasteiger partial charge in [0.25, 0.3) is 5.91 Å². The number of hydrogen-bond donors (Lipinski definition) is 4. The molecular weight excluding hydrogens is 358 g/mol. The van der Waals surface area contributed by atoms with Crippen molar-refractivity contribution < 1.29 is 31.6 Å². The predicted molar refractivity (Wildman–Crippen MR) is 80.4 cm³/mol. The van der Waals surface area contributed by atoms with Crippen molar-refractivity contribution in [3.8, 4) is 0 Å². The summed E-state index contributed by atoms with van der Waals surface area (Å²) in [6.45, 7) is 0.263. The predicted octanol–water partition coefficient (Wildman–Crippen LogP) is -2.12. The van der Waals surface area contributed by atoms with Gasteiger partial charge in [-0.1, -0.05) is 0 Å². The van der Waals surface area contributed by atoms with Gasteiger partial charge in [0, 0.05) is 13.1 Å². The van der Waals surface area contributed by atoms with Crippen molar-refractivity contribution in [2.75, 3.05) is 13.1 Å². The van der Waals surface area contributed by atoms with Crippen LogP contribution >= 0.6 is 0 Å². The molecule has 2 saturated heterocycles. The minimum absolute atomic E-state index is 0.0765. The quantitative estimate of drug-likeness (QED) is 0.311. The lowest BCUT2D eigenvalue weighted by molar-refractivity contribution is -0.134. The van der Waals surface area contributed by atoms with E-state index in [1.807, 2.05) is 0 Å². The molecule has 0 unspecified atom stereocenters. The van der Waals surface area contributed by atoms with Crippen LogP contribution in [0.1, 0.15) is 25.7 Å². The summed E-state index contributed by atoms with van der Waals surface area (Å²) >= 11 is 0. The van der Waals surface area contributed by atoms with Crippen LogP contribution in [0.2, 0.25) is 0 Å². The third kappa shape index (κ3) is 3.40. The number of nitrogens with zero attached hydrogens (tertiary/aromatic N) is 2. The number of hydrogen-bond acceptors (Lipinski definition) is 7. The molecule has 1 aliphatic carbocycles. The summed E-state index contributed by atoms with van der Waals surface area (Å²) in [5.74, 6) is -0.970. The van der Waals surface area contributed by atoms with Gasteiger partial charge in [-0.3, -0.25) is 25.0 Å². The maximum Gasteiger partial charge on any atom is 0.418 e.